The first kappa shape index (κ1) is 14.3. The fourth-order valence-corrected chi connectivity index (χ4v) is 2.13. The molecule has 106 valence electrons. The molecule has 0 saturated heterocycles. The molecule has 4 heteroatoms. The maximum Gasteiger partial charge on any atom is 0.251 e. The van der Waals surface area contributed by atoms with Gasteiger partial charge >= 0.3 is 0 Å². The highest BCUT2D eigenvalue weighted by molar-refractivity contribution is 5.95. The minimum atomic E-state index is 0.00357. The highest BCUT2D eigenvalue weighted by atomic mass is 16.1. The second-order valence-corrected chi connectivity index (χ2v) is 4.69. The summed E-state index contributed by atoms with van der Waals surface area (Å²) in [5.41, 5.74) is 1.86. The molecule has 1 heterocycles. The van der Waals surface area contributed by atoms with Crippen LogP contribution in [-0.4, -0.2) is 30.6 Å². The Labute approximate surface area is 119 Å². The Morgan fingerprint density at radius 1 is 1.10 bits per heavy atom. The van der Waals surface area contributed by atoms with Crippen LogP contribution in [0.2, 0.25) is 0 Å². The van der Waals surface area contributed by atoms with Gasteiger partial charge < -0.3 is 15.2 Å². The maximum atomic E-state index is 12.2. The van der Waals surface area contributed by atoms with Gasteiger partial charge in [-0.1, -0.05) is 18.2 Å². The molecule has 0 unspecified atom stereocenters. The van der Waals surface area contributed by atoms with Crippen LogP contribution in [0, 0.1) is 0 Å². The molecule has 4 nitrogen and oxygen atoms in total. The zero-order chi connectivity index (χ0) is 14.2. The van der Waals surface area contributed by atoms with E-state index in [-0.39, 0.29) is 5.91 Å². The SMILES string of the molecule is CNCCc1ccccc1C(=O)NCCn1cccc1. The fraction of sp³-hybridized carbons (Fsp3) is 0.312. The van der Waals surface area contributed by atoms with E-state index in [0.29, 0.717) is 6.54 Å². The fourth-order valence-electron chi connectivity index (χ4n) is 2.13. The monoisotopic (exact) mass is 271 g/mol. The molecule has 1 aromatic carbocycles. The average Bonchev–Trinajstić information content (AvgIpc) is 2.98. The highest BCUT2D eigenvalue weighted by Crippen LogP contribution is 2.09. The van der Waals surface area contributed by atoms with Gasteiger partial charge in [0.2, 0.25) is 0 Å². The molecule has 0 aliphatic heterocycles. The molecule has 20 heavy (non-hydrogen) atoms. The topological polar surface area (TPSA) is 46.1 Å². The van der Waals surface area contributed by atoms with Gasteiger partial charge in [-0.25, -0.2) is 0 Å². The molecule has 0 bridgehead atoms. The van der Waals surface area contributed by atoms with Crippen LogP contribution >= 0.6 is 0 Å². The second-order valence-electron chi connectivity index (χ2n) is 4.69. The molecule has 0 fully saturated rings. The van der Waals surface area contributed by atoms with E-state index >= 15 is 0 Å². The Balaban J connectivity index is 1.91. The molecule has 0 spiro atoms. The Morgan fingerprint density at radius 2 is 1.85 bits per heavy atom. The number of amides is 1. The van der Waals surface area contributed by atoms with Crippen molar-refractivity contribution in [2.24, 2.45) is 0 Å². The number of benzene rings is 1. The number of hydrogen-bond acceptors (Lipinski definition) is 2. The quantitative estimate of drug-likeness (QED) is 0.805. The van der Waals surface area contributed by atoms with Crippen molar-refractivity contribution in [1.29, 1.82) is 0 Å². The molecule has 0 radical (unpaired) electrons. The van der Waals surface area contributed by atoms with Crippen LogP contribution in [0.5, 0.6) is 0 Å². The smallest absolute Gasteiger partial charge is 0.251 e. The van der Waals surface area contributed by atoms with Crippen molar-refractivity contribution in [3.63, 3.8) is 0 Å². The molecule has 2 aromatic rings. The van der Waals surface area contributed by atoms with Gasteiger partial charge in [0.1, 0.15) is 0 Å². The molecular formula is C16H21N3O. The largest absolute Gasteiger partial charge is 0.353 e. The summed E-state index contributed by atoms with van der Waals surface area (Å²) >= 11 is 0. The summed E-state index contributed by atoms with van der Waals surface area (Å²) in [6, 6.07) is 11.7. The van der Waals surface area contributed by atoms with E-state index in [4.69, 9.17) is 0 Å². The maximum absolute atomic E-state index is 12.2. The van der Waals surface area contributed by atoms with E-state index in [1.807, 2.05) is 60.4 Å². The predicted octanol–water partition coefficient (Wildman–Crippen LogP) is 1.68. The summed E-state index contributed by atoms with van der Waals surface area (Å²) < 4.78 is 2.05. The van der Waals surface area contributed by atoms with E-state index in [1.165, 1.54) is 0 Å². The molecular weight excluding hydrogens is 250 g/mol. The van der Waals surface area contributed by atoms with Crippen molar-refractivity contribution in [1.82, 2.24) is 15.2 Å². The molecule has 1 amide bonds. The van der Waals surface area contributed by atoms with E-state index in [9.17, 15) is 4.79 Å². The van der Waals surface area contributed by atoms with Crippen molar-refractivity contribution in [2.45, 2.75) is 13.0 Å². The Kier molecular flexibility index (Phi) is 5.38. The van der Waals surface area contributed by atoms with Crippen molar-refractivity contribution >= 4 is 5.91 Å². The van der Waals surface area contributed by atoms with Crippen molar-refractivity contribution in [3.8, 4) is 0 Å². The lowest BCUT2D eigenvalue weighted by molar-refractivity contribution is 0.0951. The summed E-state index contributed by atoms with van der Waals surface area (Å²) in [4.78, 5) is 12.2. The van der Waals surface area contributed by atoms with E-state index < -0.39 is 0 Å². The molecule has 0 saturated carbocycles. The van der Waals surface area contributed by atoms with Crippen LogP contribution in [-0.2, 0) is 13.0 Å². The third-order valence-corrected chi connectivity index (χ3v) is 3.23. The van der Waals surface area contributed by atoms with Gasteiger partial charge in [-0.3, -0.25) is 4.79 Å². The zero-order valence-electron chi connectivity index (χ0n) is 11.8. The third-order valence-electron chi connectivity index (χ3n) is 3.23. The zero-order valence-corrected chi connectivity index (χ0v) is 11.8. The van der Waals surface area contributed by atoms with Crippen LogP contribution in [0.15, 0.2) is 48.8 Å². The number of carbonyl (C=O) groups excluding carboxylic acids is 1. The summed E-state index contributed by atoms with van der Waals surface area (Å²) in [5, 5.41) is 6.08. The molecule has 1 aromatic heterocycles. The van der Waals surface area contributed by atoms with Crippen LogP contribution < -0.4 is 10.6 Å². The summed E-state index contributed by atoms with van der Waals surface area (Å²) in [6.07, 6.45) is 4.84. The van der Waals surface area contributed by atoms with Gasteiger partial charge in [0.25, 0.3) is 5.91 Å². The number of hydrogen-bond donors (Lipinski definition) is 2. The minimum Gasteiger partial charge on any atom is -0.353 e. The number of rotatable bonds is 7. The average molecular weight is 271 g/mol. The first-order valence-corrected chi connectivity index (χ1v) is 6.92. The van der Waals surface area contributed by atoms with Gasteiger partial charge in [0.05, 0.1) is 0 Å². The van der Waals surface area contributed by atoms with E-state index in [2.05, 4.69) is 10.6 Å². The second kappa shape index (κ2) is 7.50. The van der Waals surface area contributed by atoms with Crippen molar-refractivity contribution in [2.75, 3.05) is 20.1 Å². The number of aromatic nitrogens is 1. The molecule has 2 N–H and O–H groups in total. The number of nitrogens with one attached hydrogen (secondary N) is 2. The van der Waals surface area contributed by atoms with Crippen molar-refractivity contribution in [3.05, 3.63) is 59.9 Å². The van der Waals surface area contributed by atoms with Crippen LogP contribution in [0.1, 0.15) is 15.9 Å². The summed E-state index contributed by atoms with van der Waals surface area (Å²) in [5.74, 6) is 0.00357. The summed E-state index contributed by atoms with van der Waals surface area (Å²) in [6.45, 7) is 2.29. The van der Waals surface area contributed by atoms with Gasteiger partial charge in [0.15, 0.2) is 0 Å². The van der Waals surface area contributed by atoms with E-state index in [1.54, 1.807) is 0 Å². The van der Waals surface area contributed by atoms with Gasteiger partial charge in [0, 0.05) is 31.0 Å². The standard InChI is InChI=1S/C16H21N3O/c1-17-9-8-14-6-2-3-7-15(14)16(20)18-10-13-19-11-4-5-12-19/h2-7,11-12,17H,8-10,13H2,1H3,(H,18,20). The van der Waals surface area contributed by atoms with Crippen LogP contribution in [0.3, 0.4) is 0 Å². The van der Waals surface area contributed by atoms with Gasteiger partial charge in [-0.2, -0.15) is 0 Å². The molecule has 0 atom stereocenters. The first-order valence-electron chi connectivity index (χ1n) is 6.92. The Morgan fingerprint density at radius 3 is 2.60 bits per heavy atom. The molecule has 0 aliphatic carbocycles. The number of carbonyl (C=O) groups is 1. The van der Waals surface area contributed by atoms with Crippen LogP contribution in [0.25, 0.3) is 0 Å². The summed E-state index contributed by atoms with van der Waals surface area (Å²) in [7, 11) is 1.92. The highest BCUT2D eigenvalue weighted by Gasteiger charge is 2.09. The Hall–Kier alpha value is -2.07. The number of nitrogens with zero attached hydrogens (tertiary/aromatic N) is 1. The van der Waals surface area contributed by atoms with Gasteiger partial charge in [-0.05, 0) is 43.8 Å². The first-order chi connectivity index (χ1) is 9.81. The lowest BCUT2D eigenvalue weighted by Gasteiger charge is -2.10. The molecule has 2 rings (SSSR count). The van der Waals surface area contributed by atoms with E-state index in [0.717, 1.165) is 30.6 Å². The van der Waals surface area contributed by atoms with Crippen molar-refractivity contribution < 1.29 is 4.79 Å². The Bertz CT molecular complexity index is 534. The lowest BCUT2D eigenvalue weighted by Crippen LogP contribution is -2.28. The predicted molar refractivity (Wildman–Crippen MR) is 80.8 cm³/mol. The lowest BCUT2D eigenvalue weighted by atomic mass is 10.0. The number of likely N-dealkylation sites (N-methyl/N-ethyl adjacent to an activating group) is 1. The molecule has 0 aliphatic rings. The minimum absolute atomic E-state index is 0.00357. The van der Waals surface area contributed by atoms with Crippen LogP contribution in [0.4, 0.5) is 0 Å². The third kappa shape index (κ3) is 3.96. The van der Waals surface area contributed by atoms with Gasteiger partial charge in [-0.15, -0.1) is 0 Å². The normalized spacial score (nSPS) is 10.4.